The Kier molecular flexibility index (Phi) is 5.36. The summed E-state index contributed by atoms with van der Waals surface area (Å²) in [5, 5.41) is 0. The highest BCUT2D eigenvalue weighted by Gasteiger charge is 2.31. The average Bonchev–Trinajstić information content (AvgIpc) is 2.75. The highest BCUT2D eigenvalue weighted by atomic mass is 32.2. The van der Waals surface area contributed by atoms with Gasteiger partial charge in [0.2, 0.25) is 15.9 Å². The molecule has 3 aromatic rings. The molecule has 0 saturated carbocycles. The molecule has 2 heterocycles. The third-order valence-electron chi connectivity index (χ3n) is 4.77. The summed E-state index contributed by atoms with van der Waals surface area (Å²) in [5.74, 6) is 0.416. The average molecular weight is 395 g/mol. The van der Waals surface area contributed by atoms with Gasteiger partial charge >= 0.3 is 0 Å². The van der Waals surface area contributed by atoms with Gasteiger partial charge in [-0.05, 0) is 36.1 Å². The van der Waals surface area contributed by atoms with Crippen LogP contribution in [-0.2, 0) is 10.0 Å². The number of benzene rings is 2. The summed E-state index contributed by atoms with van der Waals surface area (Å²) in [7, 11) is -3.57. The van der Waals surface area contributed by atoms with Gasteiger partial charge in [0.1, 0.15) is 6.10 Å². The highest BCUT2D eigenvalue weighted by Crippen LogP contribution is 2.25. The molecule has 7 heteroatoms. The van der Waals surface area contributed by atoms with Gasteiger partial charge in [0.15, 0.2) is 0 Å². The lowest BCUT2D eigenvalue weighted by molar-refractivity contribution is 0.124. The maximum absolute atomic E-state index is 13.1. The van der Waals surface area contributed by atoms with Crippen molar-refractivity contribution in [1.82, 2.24) is 14.3 Å². The molecule has 1 unspecified atom stereocenters. The van der Waals surface area contributed by atoms with Gasteiger partial charge in [0, 0.05) is 18.9 Å². The summed E-state index contributed by atoms with van der Waals surface area (Å²) in [5.41, 5.74) is 2.05. The van der Waals surface area contributed by atoms with E-state index in [1.807, 2.05) is 42.5 Å². The standard InChI is InChI=1S/C21H21N3O3S/c25-28(26,20-10-8-18(9-11-20)17-5-2-1-3-6-17)24-14-4-7-19(16-24)27-21-15-22-12-13-23-21/h1-3,5-6,8-13,15,19H,4,7,14,16H2. The van der Waals surface area contributed by atoms with Crippen LogP contribution in [0.15, 0.2) is 78.1 Å². The number of hydrogen-bond acceptors (Lipinski definition) is 5. The molecule has 0 radical (unpaired) electrons. The van der Waals surface area contributed by atoms with Gasteiger partial charge in [-0.1, -0.05) is 42.5 Å². The Hall–Kier alpha value is -2.77. The fraction of sp³-hybridized carbons (Fsp3) is 0.238. The molecular formula is C21H21N3O3S. The summed E-state index contributed by atoms with van der Waals surface area (Å²) < 4.78 is 33.5. The first kappa shape index (κ1) is 18.6. The fourth-order valence-electron chi connectivity index (χ4n) is 3.34. The van der Waals surface area contributed by atoms with E-state index in [4.69, 9.17) is 4.74 Å². The Bertz CT molecular complexity index is 1010. The third-order valence-corrected chi connectivity index (χ3v) is 6.65. The number of rotatable bonds is 5. The summed E-state index contributed by atoms with van der Waals surface area (Å²) >= 11 is 0. The van der Waals surface area contributed by atoms with Gasteiger partial charge in [0.25, 0.3) is 0 Å². The van der Waals surface area contributed by atoms with E-state index >= 15 is 0 Å². The third kappa shape index (κ3) is 4.05. The molecule has 0 amide bonds. The smallest absolute Gasteiger partial charge is 0.243 e. The molecule has 1 aliphatic heterocycles. The van der Waals surface area contributed by atoms with Gasteiger partial charge < -0.3 is 4.74 Å². The van der Waals surface area contributed by atoms with E-state index in [2.05, 4.69) is 9.97 Å². The summed E-state index contributed by atoms with van der Waals surface area (Å²) in [6, 6.07) is 16.9. The lowest BCUT2D eigenvalue weighted by Crippen LogP contribution is -2.44. The van der Waals surface area contributed by atoms with Crippen LogP contribution in [0.2, 0.25) is 0 Å². The molecule has 4 rings (SSSR count). The normalized spacial score (nSPS) is 17.9. The lowest BCUT2D eigenvalue weighted by atomic mass is 10.1. The van der Waals surface area contributed by atoms with Crippen molar-refractivity contribution in [3.8, 4) is 17.0 Å². The first-order chi connectivity index (χ1) is 13.6. The quantitative estimate of drug-likeness (QED) is 0.662. The van der Waals surface area contributed by atoms with Gasteiger partial charge in [-0.2, -0.15) is 4.31 Å². The Morgan fingerprint density at radius 1 is 0.964 bits per heavy atom. The van der Waals surface area contributed by atoms with Crippen LogP contribution in [0.5, 0.6) is 5.88 Å². The van der Waals surface area contributed by atoms with Gasteiger partial charge in [-0.3, -0.25) is 4.98 Å². The van der Waals surface area contributed by atoms with E-state index in [9.17, 15) is 8.42 Å². The zero-order valence-corrected chi connectivity index (χ0v) is 16.1. The minimum atomic E-state index is -3.57. The van der Waals surface area contributed by atoms with Crippen molar-refractivity contribution in [3.63, 3.8) is 0 Å². The number of nitrogens with zero attached hydrogens (tertiary/aromatic N) is 3. The number of aromatic nitrogens is 2. The topological polar surface area (TPSA) is 72.4 Å². The van der Waals surface area contributed by atoms with Crippen LogP contribution >= 0.6 is 0 Å². The summed E-state index contributed by atoms with van der Waals surface area (Å²) in [6.07, 6.45) is 5.96. The van der Waals surface area contributed by atoms with Gasteiger partial charge in [0.05, 0.1) is 17.6 Å². The van der Waals surface area contributed by atoms with Crippen LogP contribution in [0.25, 0.3) is 11.1 Å². The Morgan fingerprint density at radius 2 is 1.71 bits per heavy atom. The molecule has 1 aliphatic rings. The second kappa shape index (κ2) is 8.08. The van der Waals surface area contributed by atoms with E-state index in [0.717, 1.165) is 24.0 Å². The molecule has 28 heavy (non-hydrogen) atoms. The highest BCUT2D eigenvalue weighted by molar-refractivity contribution is 7.89. The van der Waals surface area contributed by atoms with Crippen LogP contribution < -0.4 is 4.74 Å². The zero-order valence-electron chi connectivity index (χ0n) is 15.3. The van der Waals surface area contributed by atoms with Crippen LogP contribution in [0, 0.1) is 0 Å². The first-order valence-electron chi connectivity index (χ1n) is 9.21. The van der Waals surface area contributed by atoms with Crippen LogP contribution in [-0.4, -0.2) is 41.9 Å². The molecule has 1 aromatic heterocycles. The minimum Gasteiger partial charge on any atom is -0.472 e. The van der Waals surface area contributed by atoms with Crippen molar-refractivity contribution >= 4 is 10.0 Å². The van der Waals surface area contributed by atoms with Crippen LogP contribution in [0.4, 0.5) is 0 Å². The molecule has 1 atom stereocenters. The van der Waals surface area contributed by atoms with E-state index in [1.165, 1.54) is 10.5 Å². The number of piperidine rings is 1. The van der Waals surface area contributed by atoms with Gasteiger partial charge in [-0.25, -0.2) is 13.4 Å². The molecular weight excluding hydrogens is 374 g/mol. The minimum absolute atomic E-state index is 0.233. The van der Waals surface area contributed by atoms with Crippen molar-refractivity contribution in [1.29, 1.82) is 0 Å². The van der Waals surface area contributed by atoms with Crippen molar-refractivity contribution in [2.45, 2.75) is 23.8 Å². The lowest BCUT2D eigenvalue weighted by Gasteiger charge is -2.31. The van der Waals surface area contributed by atoms with Gasteiger partial charge in [-0.15, -0.1) is 0 Å². The molecule has 2 aromatic carbocycles. The number of sulfonamides is 1. The van der Waals surface area contributed by atoms with Crippen LogP contribution in [0.1, 0.15) is 12.8 Å². The molecule has 0 aliphatic carbocycles. The number of hydrogen-bond donors (Lipinski definition) is 0. The molecule has 0 N–H and O–H groups in total. The summed E-state index contributed by atoms with van der Waals surface area (Å²) in [6.45, 7) is 0.794. The SMILES string of the molecule is O=S(=O)(c1ccc(-c2ccccc2)cc1)N1CCCC(Oc2cnccn2)C1. The maximum Gasteiger partial charge on any atom is 0.243 e. The monoisotopic (exact) mass is 395 g/mol. The second-order valence-corrected chi connectivity index (χ2v) is 8.62. The largest absolute Gasteiger partial charge is 0.472 e. The maximum atomic E-state index is 13.1. The summed E-state index contributed by atoms with van der Waals surface area (Å²) in [4.78, 5) is 8.38. The van der Waals surface area contributed by atoms with Crippen LogP contribution in [0.3, 0.4) is 0 Å². The second-order valence-electron chi connectivity index (χ2n) is 6.68. The van der Waals surface area contributed by atoms with Crippen molar-refractivity contribution in [3.05, 3.63) is 73.2 Å². The molecule has 0 spiro atoms. The zero-order chi connectivity index (χ0) is 19.4. The van der Waals surface area contributed by atoms with Crippen molar-refractivity contribution in [2.75, 3.05) is 13.1 Å². The molecule has 144 valence electrons. The molecule has 0 bridgehead atoms. The molecule has 1 saturated heterocycles. The van der Waals surface area contributed by atoms with Crippen molar-refractivity contribution < 1.29 is 13.2 Å². The number of ether oxygens (including phenoxy) is 1. The van der Waals surface area contributed by atoms with E-state index in [-0.39, 0.29) is 6.10 Å². The Labute approximate surface area is 164 Å². The molecule has 1 fully saturated rings. The van der Waals surface area contributed by atoms with Crippen molar-refractivity contribution in [2.24, 2.45) is 0 Å². The predicted octanol–water partition coefficient (Wildman–Crippen LogP) is 3.38. The Balaban J connectivity index is 1.49. The van der Waals surface area contributed by atoms with E-state index in [1.54, 1.807) is 24.5 Å². The Morgan fingerprint density at radius 3 is 2.43 bits per heavy atom. The van der Waals surface area contributed by atoms with E-state index in [0.29, 0.717) is 23.9 Å². The molecule has 6 nitrogen and oxygen atoms in total. The fourth-order valence-corrected chi connectivity index (χ4v) is 4.85. The van der Waals surface area contributed by atoms with E-state index < -0.39 is 10.0 Å². The first-order valence-corrected chi connectivity index (χ1v) is 10.7. The predicted molar refractivity (Wildman–Crippen MR) is 106 cm³/mol.